The van der Waals surface area contributed by atoms with Gasteiger partial charge in [0.2, 0.25) is 0 Å². The number of para-hydroxylation sites is 1. The molecule has 0 radical (unpaired) electrons. The molecule has 0 bridgehead atoms. The molecule has 2 aromatic carbocycles. The molecular weight excluding hydrogens is 326 g/mol. The SMILES string of the molecule is Cc1ccccc1NC(=O)c1cccc(C(=O)NCc2ccccn2)c1. The fourth-order valence-electron chi connectivity index (χ4n) is 2.48. The van der Waals surface area contributed by atoms with Crippen molar-refractivity contribution >= 4 is 17.5 Å². The Morgan fingerprint density at radius 3 is 2.35 bits per heavy atom. The first-order valence-corrected chi connectivity index (χ1v) is 8.28. The van der Waals surface area contributed by atoms with Crippen molar-refractivity contribution in [1.29, 1.82) is 0 Å². The summed E-state index contributed by atoms with van der Waals surface area (Å²) in [6.45, 7) is 2.26. The van der Waals surface area contributed by atoms with Crippen LogP contribution in [0.5, 0.6) is 0 Å². The average Bonchev–Trinajstić information content (AvgIpc) is 2.69. The summed E-state index contributed by atoms with van der Waals surface area (Å²) in [5.74, 6) is -0.500. The van der Waals surface area contributed by atoms with Crippen LogP contribution in [0.4, 0.5) is 5.69 Å². The second-order valence-electron chi connectivity index (χ2n) is 5.85. The number of rotatable bonds is 5. The second-order valence-corrected chi connectivity index (χ2v) is 5.85. The van der Waals surface area contributed by atoms with Gasteiger partial charge < -0.3 is 10.6 Å². The Hall–Kier alpha value is -3.47. The molecule has 5 nitrogen and oxygen atoms in total. The highest BCUT2D eigenvalue weighted by atomic mass is 16.2. The van der Waals surface area contributed by atoms with Gasteiger partial charge in [-0.1, -0.05) is 30.3 Å². The van der Waals surface area contributed by atoms with Crippen molar-refractivity contribution in [2.24, 2.45) is 0 Å². The molecule has 5 heteroatoms. The number of carbonyl (C=O) groups is 2. The van der Waals surface area contributed by atoms with Gasteiger partial charge >= 0.3 is 0 Å². The summed E-state index contributed by atoms with van der Waals surface area (Å²) in [5.41, 5.74) is 3.36. The van der Waals surface area contributed by atoms with E-state index in [4.69, 9.17) is 0 Å². The lowest BCUT2D eigenvalue weighted by molar-refractivity contribution is 0.0950. The van der Waals surface area contributed by atoms with E-state index in [-0.39, 0.29) is 11.8 Å². The van der Waals surface area contributed by atoms with E-state index in [0.29, 0.717) is 17.7 Å². The van der Waals surface area contributed by atoms with Crippen molar-refractivity contribution < 1.29 is 9.59 Å². The van der Waals surface area contributed by atoms with Crippen molar-refractivity contribution in [3.05, 3.63) is 95.3 Å². The highest BCUT2D eigenvalue weighted by molar-refractivity contribution is 6.06. The summed E-state index contributed by atoms with van der Waals surface area (Å²) in [4.78, 5) is 29.0. The number of hydrogen-bond acceptors (Lipinski definition) is 3. The molecule has 3 aromatic rings. The van der Waals surface area contributed by atoms with E-state index in [1.165, 1.54) is 0 Å². The van der Waals surface area contributed by atoms with Gasteiger partial charge in [-0.15, -0.1) is 0 Å². The fourth-order valence-corrected chi connectivity index (χ4v) is 2.48. The largest absolute Gasteiger partial charge is 0.346 e. The summed E-state index contributed by atoms with van der Waals surface area (Å²) in [6.07, 6.45) is 1.68. The van der Waals surface area contributed by atoms with Crippen LogP contribution in [0.15, 0.2) is 72.9 Å². The number of nitrogens with zero attached hydrogens (tertiary/aromatic N) is 1. The van der Waals surface area contributed by atoms with Gasteiger partial charge in [0.15, 0.2) is 0 Å². The Morgan fingerprint density at radius 2 is 1.62 bits per heavy atom. The number of aryl methyl sites for hydroxylation is 1. The third-order valence-corrected chi connectivity index (χ3v) is 3.94. The molecule has 1 heterocycles. The molecule has 26 heavy (non-hydrogen) atoms. The van der Waals surface area contributed by atoms with E-state index < -0.39 is 0 Å². The molecule has 0 atom stereocenters. The zero-order chi connectivity index (χ0) is 18.4. The van der Waals surface area contributed by atoms with E-state index in [9.17, 15) is 9.59 Å². The van der Waals surface area contributed by atoms with E-state index in [1.807, 2.05) is 49.4 Å². The number of benzene rings is 2. The van der Waals surface area contributed by atoms with Crippen molar-refractivity contribution in [2.45, 2.75) is 13.5 Å². The summed E-state index contributed by atoms with van der Waals surface area (Å²) >= 11 is 0. The zero-order valence-corrected chi connectivity index (χ0v) is 14.4. The quantitative estimate of drug-likeness (QED) is 0.742. The molecule has 1 aromatic heterocycles. The van der Waals surface area contributed by atoms with Gasteiger partial charge in [-0.2, -0.15) is 0 Å². The third kappa shape index (κ3) is 4.33. The summed E-state index contributed by atoms with van der Waals surface area (Å²) in [5, 5.41) is 5.68. The van der Waals surface area contributed by atoms with Crippen LogP contribution in [-0.4, -0.2) is 16.8 Å². The zero-order valence-electron chi connectivity index (χ0n) is 14.4. The van der Waals surface area contributed by atoms with Gasteiger partial charge in [-0.3, -0.25) is 14.6 Å². The molecule has 0 saturated heterocycles. The fraction of sp³-hybridized carbons (Fsp3) is 0.0952. The minimum atomic E-state index is -0.251. The van der Waals surface area contributed by atoms with Gasteiger partial charge in [0.05, 0.1) is 12.2 Å². The van der Waals surface area contributed by atoms with Crippen LogP contribution < -0.4 is 10.6 Å². The molecule has 0 aliphatic heterocycles. The van der Waals surface area contributed by atoms with Gasteiger partial charge in [-0.05, 0) is 48.9 Å². The standard InChI is InChI=1S/C21H19N3O2/c1-15-7-2-3-11-19(15)24-21(26)17-9-6-8-16(13-17)20(25)23-14-18-10-4-5-12-22-18/h2-13H,14H2,1H3,(H,23,25)(H,24,26). The molecule has 0 aliphatic rings. The number of nitrogens with one attached hydrogen (secondary N) is 2. The lowest BCUT2D eigenvalue weighted by atomic mass is 10.1. The normalized spacial score (nSPS) is 10.2. The number of amides is 2. The number of aromatic nitrogens is 1. The maximum atomic E-state index is 12.5. The van der Waals surface area contributed by atoms with Gasteiger partial charge in [0, 0.05) is 23.0 Å². The minimum absolute atomic E-state index is 0.249. The molecule has 2 N–H and O–H groups in total. The molecule has 0 aliphatic carbocycles. The van der Waals surface area contributed by atoms with Gasteiger partial charge in [-0.25, -0.2) is 0 Å². The van der Waals surface area contributed by atoms with Crippen molar-refractivity contribution in [3.63, 3.8) is 0 Å². The average molecular weight is 345 g/mol. The summed E-state index contributed by atoms with van der Waals surface area (Å²) in [7, 11) is 0. The summed E-state index contributed by atoms with van der Waals surface area (Å²) < 4.78 is 0. The van der Waals surface area contributed by atoms with Crippen LogP contribution >= 0.6 is 0 Å². The highest BCUT2D eigenvalue weighted by Gasteiger charge is 2.11. The Kier molecular flexibility index (Phi) is 5.39. The first kappa shape index (κ1) is 17.4. The molecule has 0 fully saturated rings. The molecular formula is C21H19N3O2. The highest BCUT2D eigenvalue weighted by Crippen LogP contribution is 2.15. The van der Waals surface area contributed by atoms with E-state index in [2.05, 4.69) is 15.6 Å². The van der Waals surface area contributed by atoms with Crippen LogP contribution in [0.2, 0.25) is 0 Å². The number of carbonyl (C=O) groups excluding carboxylic acids is 2. The van der Waals surface area contributed by atoms with Crippen LogP contribution in [0.25, 0.3) is 0 Å². The van der Waals surface area contributed by atoms with Crippen LogP contribution in [-0.2, 0) is 6.54 Å². The monoisotopic (exact) mass is 345 g/mol. The second kappa shape index (κ2) is 8.07. The van der Waals surface area contributed by atoms with Crippen molar-refractivity contribution in [1.82, 2.24) is 10.3 Å². The summed E-state index contributed by atoms with van der Waals surface area (Å²) in [6, 6.07) is 19.7. The molecule has 2 amide bonds. The maximum Gasteiger partial charge on any atom is 0.255 e. The van der Waals surface area contributed by atoms with Crippen molar-refractivity contribution in [3.8, 4) is 0 Å². The Morgan fingerprint density at radius 1 is 0.885 bits per heavy atom. The Balaban J connectivity index is 1.68. The van der Waals surface area contributed by atoms with Crippen LogP contribution in [0.3, 0.4) is 0 Å². The van der Waals surface area contributed by atoms with Crippen LogP contribution in [0, 0.1) is 6.92 Å². The first-order chi connectivity index (χ1) is 12.6. The molecule has 0 spiro atoms. The number of anilines is 1. The van der Waals surface area contributed by atoms with Gasteiger partial charge in [0.1, 0.15) is 0 Å². The van der Waals surface area contributed by atoms with Crippen LogP contribution in [0.1, 0.15) is 32.0 Å². The Bertz CT molecular complexity index is 923. The van der Waals surface area contributed by atoms with Crippen molar-refractivity contribution in [2.75, 3.05) is 5.32 Å². The van der Waals surface area contributed by atoms with Gasteiger partial charge in [0.25, 0.3) is 11.8 Å². The Labute approximate surface area is 152 Å². The van der Waals surface area contributed by atoms with E-state index in [1.54, 1.807) is 30.5 Å². The maximum absolute atomic E-state index is 12.5. The smallest absolute Gasteiger partial charge is 0.255 e. The third-order valence-electron chi connectivity index (χ3n) is 3.94. The predicted molar refractivity (Wildman–Crippen MR) is 101 cm³/mol. The molecule has 3 rings (SSSR count). The van der Waals surface area contributed by atoms with E-state index in [0.717, 1.165) is 16.9 Å². The minimum Gasteiger partial charge on any atom is -0.346 e. The topological polar surface area (TPSA) is 71.1 Å². The van der Waals surface area contributed by atoms with E-state index >= 15 is 0 Å². The molecule has 0 unspecified atom stereocenters. The number of hydrogen-bond donors (Lipinski definition) is 2. The molecule has 0 saturated carbocycles. The lowest BCUT2D eigenvalue weighted by Gasteiger charge is -2.09. The predicted octanol–water partition coefficient (Wildman–Crippen LogP) is 3.57. The first-order valence-electron chi connectivity index (χ1n) is 8.28. The lowest BCUT2D eigenvalue weighted by Crippen LogP contribution is -2.23. The molecule has 130 valence electrons. The number of pyridine rings is 1.